The van der Waals surface area contributed by atoms with E-state index in [1.807, 2.05) is 17.0 Å². The Hall–Kier alpha value is -2.04. The SMILES string of the molecule is NC(=NO)c1ccc(CC(=O)N2CCCCCCC2)cc1. The second-order valence-electron chi connectivity index (χ2n) is 5.51. The summed E-state index contributed by atoms with van der Waals surface area (Å²) in [6, 6.07) is 7.25. The average molecular weight is 289 g/mol. The molecule has 0 radical (unpaired) electrons. The monoisotopic (exact) mass is 289 g/mol. The molecular formula is C16H23N3O2. The Kier molecular flexibility index (Phi) is 5.60. The van der Waals surface area contributed by atoms with E-state index < -0.39 is 0 Å². The summed E-state index contributed by atoms with van der Waals surface area (Å²) >= 11 is 0. The van der Waals surface area contributed by atoms with Gasteiger partial charge in [0.2, 0.25) is 5.91 Å². The summed E-state index contributed by atoms with van der Waals surface area (Å²) in [7, 11) is 0. The Labute approximate surface area is 125 Å². The molecule has 1 heterocycles. The van der Waals surface area contributed by atoms with E-state index in [4.69, 9.17) is 10.9 Å². The number of hydrogen-bond donors (Lipinski definition) is 2. The quantitative estimate of drug-likeness (QED) is 0.387. The van der Waals surface area contributed by atoms with Crippen molar-refractivity contribution in [2.24, 2.45) is 10.9 Å². The van der Waals surface area contributed by atoms with E-state index in [1.165, 1.54) is 19.3 Å². The molecular weight excluding hydrogens is 266 g/mol. The van der Waals surface area contributed by atoms with Crippen LogP contribution in [0, 0.1) is 0 Å². The zero-order valence-electron chi connectivity index (χ0n) is 12.3. The Morgan fingerprint density at radius 3 is 2.24 bits per heavy atom. The van der Waals surface area contributed by atoms with Gasteiger partial charge in [0.05, 0.1) is 6.42 Å². The number of carbonyl (C=O) groups is 1. The van der Waals surface area contributed by atoms with Crippen molar-refractivity contribution in [3.63, 3.8) is 0 Å². The minimum atomic E-state index is 0.0802. The van der Waals surface area contributed by atoms with Crippen molar-refractivity contribution in [2.75, 3.05) is 13.1 Å². The first-order valence-electron chi connectivity index (χ1n) is 7.55. The molecule has 114 valence electrons. The molecule has 1 saturated heterocycles. The highest BCUT2D eigenvalue weighted by atomic mass is 16.4. The molecule has 0 aliphatic carbocycles. The first-order valence-corrected chi connectivity index (χ1v) is 7.55. The standard InChI is InChI=1S/C16H23N3O2/c17-16(18-21)14-8-6-13(7-9-14)12-15(20)19-10-4-2-1-3-5-11-19/h6-9,21H,1-5,10-12H2,(H2,17,18). The van der Waals surface area contributed by atoms with Crippen molar-refractivity contribution in [3.05, 3.63) is 35.4 Å². The van der Waals surface area contributed by atoms with E-state index in [0.29, 0.717) is 12.0 Å². The number of amidine groups is 1. The average Bonchev–Trinajstić information content (AvgIpc) is 2.46. The molecule has 21 heavy (non-hydrogen) atoms. The zero-order valence-corrected chi connectivity index (χ0v) is 12.3. The maximum absolute atomic E-state index is 12.3. The van der Waals surface area contributed by atoms with Gasteiger partial charge in [0.15, 0.2) is 5.84 Å². The number of nitrogens with zero attached hydrogens (tertiary/aromatic N) is 2. The van der Waals surface area contributed by atoms with Crippen molar-refractivity contribution in [2.45, 2.75) is 38.5 Å². The van der Waals surface area contributed by atoms with Gasteiger partial charge in [0.25, 0.3) is 0 Å². The lowest BCUT2D eigenvalue weighted by atomic mass is 10.1. The molecule has 5 heteroatoms. The summed E-state index contributed by atoms with van der Waals surface area (Å²) in [4.78, 5) is 14.3. The molecule has 3 N–H and O–H groups in total. The highest BCUT2D eigenvalue weighted by Crippen LogP contribution is 2.13. The number of nitrogens with two attached hydrogens (primary N) is 1. The smallest absolute Gasteiger partial charge is 0.226 e. The fourth-order valence-corrected chi connectivity index (χ4v) is 2.63. The third kappa shape index (κ3) is 4.48. The minimum Gasteiger partial charge on any atom is -0.409 e. The van der Waals surface area contributed by atoms with E-state index in [2.05, 4.69) is 5.16 Å². The van der Waals surface area contributed by atoms with Crippen molar-refractivity contribution in [1.29, 1.82) is 0 Å². The second-order valence-corrected chi connectivity index (χ2v) is 5.51. The van der Waals surface area contributed by atoms with Gasteiger partial charge in [-0.25, -0.2) is 0 Å². The van der Waals surface area contributed by atoms with Gasteiger partial charge >= 0.3 is 0 Å². The van der Waals surface area contributed by atoms with E-state index in [1.54, 1.807) is 12.1 Å². The van der Waals surface area contributed by atoms with E-state index >= 15 is 0 Å². The Morgan fingerprint density at radius 1 is 1.10 bits per heavy atom. The van der Waals surface area contributed by atoms with Crippen molar-refractivity contribution in [1.82, 2.24) is 4.90 Å². The van der Waals surface area contributed by atoms with Crippen LogP contribution in [0.5, 0.6) is 0 Å². The van der Waals surface area contributed by atoms with Crippen LogP contribution in [-0.2, 0) is 11.2 Å². The molecule has 1 aliphatic rings. The largest absolute Gasteiger partial charge is 0.409 e. The van der Waals surface area contributed by atoms with Gasteiger partial charge in [-0.3, -0.25) is 4.79 Å². The van der Waals surface area contributed by atoms with Crippen molar-refractivity contribution >= 4 is 11.7 Å². The van der Waals surface area contributed by atoms with Crippen LogP contribution in [0.25, 0.3) is 0 Å². The molecule has 0 saturated carbocycles. The molecule has 0 spiro atoms. The van der Waals surface area contributed by atoms with E-state index in [-0.39, 0.29) is 11.7 Å². The van der Waals surface area contributed by atoms with Crippen molar-refractivity contribution < 1.29 is 10.0 Å². The predicted molar refractivity (Wildman–Crippen MR) is 82.3 cm³/mol. The van der Waals surface area contributed by atoms with Gasteiger partial charge in [-0.05, 0) is 18.4 Å². The first kappa shape index (κ1) is 15.4. The first-order chi connectivity index (χ1) is 10.2. The normalized spacial score (nSPS) is 17.1. The molecule has 1 aromatic rings. The van der Waals surface area contributed by atoms with Gasteiger partial charge in [0.1, 0.15) is 0 Å². The van der Waals surface area contributed by atoms with Crippen LogP contribution in [0.3, 0.4) is 0 Å². The molecule has 0 unspecified atom stereocenters. The molecule has 1 amide bonds. The van der Waals surface area contributed by atoms with Gasteiger partial charge in [-0.15, -0.1) is 0 Å². The molecule has 5 nitrogen and oxygen atoms in total. The zero-order chi connectivity index (χ0) is 15.1. The topological polar surface area (TPSA) is 78.9 Å². The van der Waals surface area contributed by atoms with E-state index in [9.17, 15) is 4.79 Å². The number of carbonyl (C=O) groups excluding carboxylic acids is 1. The number of rotatable bonds is 3. The van der Waals surface area contributed by atoms with Gasteiger partial charge in [-0.2, -0.15) is 0 Å². The lowest BCUT2D eigenvalue weighted by molar-refractivity contribution is -0.130. The summed E-state index contributed by atoms with van der Waals surface area (Å²) in [6.07, 6.45) is 6.35. The number of likely N-dealkylation sites (tertiary alicyclic amines) is 1. The van der Waals surface area contributed by atoms with Gasteiger partial charge in [0, 0.05) is 18.7 Å². The van der Waals surface area contributed by atoms with E-state index in [0.717, 1.165) is 31.5 Å². The highest BCUT2D eigenvalue weighted by Gasteiger charge is 2.15. The predicted octanol–water partition coefficient (Wildman–Crippen LogP) is 2.12. The Balaban J connectivity index is 1.95. The fourth-order valence-electron chi connectivity index (χ4n) is 2.63. The maximum atomic E-state index is 12.3. The summed E-state index contributed by atoms with van der Waals surface area (Å²) < 4.78 is 0. The lowest BCUT2D eigenvalue weighted by Gasteiger charge is -2.24. The lowest BCUT2D eigenvalue weighted by Crippen LogP contribution is -2.34. The Bertz CT molecular complexity index is 489. The number of benzene rings is 1. The molecule has 1 aromatic carbocycles. The summed E-state index contributed by atoms with van der Waals surface area (Å²) in [5.74, 6) is 0.269. The van der Waals surface area contributed by atoms with Crippen LogP contribution in [0.4, 0.5) is 0 Å². The molecule has 2 rings (SSSR count). The van der Waals surface area contributed by atoms with Gasteiger partial charge < -0.3 is 15.8 Å². The summed E-state index contributed by atoms with van der Waals surface area (Å²) in [5, 5.41) is 11.6. The number of oxime groups is 1. The molecule has 0 atom stereocenters. The molecule has 0 bridgehead atoms. The van der Waals surface area contributed by atoms with Crippen LogP contribution in [0.15, 0.2) is 29.4 Å². The van der Waals surface area contributed by atoms with Crippen LogP contribution in [0.1, 0.15) is 43.2 Å². The third-order valence-corrected chi connectivity index (χ3v) is 3.92. The number of hydrogen-bond acceptors (Lipinski definition) is 3. The van der Waals surface area contributed by atoms with Crippen LogP contribution in [0.2, 0.25) is 0 Å². The summed E-state index contributed by atoms with van der Waals surface area (Å²) in [6.45, 7) is 1.75. The second kappa shape index (κ2) is 7.67. The Morgan fingerprint density at radius 2 is 1.67 bits per heavy atom. The molecule has 1 fully saturated rings. The molecule has 1 aliphatic heterocycles. The fraction of sp³-hybridized carbons (Fsp3) is 0.500. The highest BCUT2D eigenvalue weighted by molar-refractivity contribution is 5.97. The van der Waals surface area contributed by atoms with Crippen LogP contribution < -0.4 is 5.73 Å². The van der Waals surface area contributed by atoms with Gasteiger partial charge in [-0.1, -0.05) is 48.7 Å². The van der Waals surface area contributed by atoms with Crippen LogP contribution in [-0.4, -0.2) is 34.9 Å². The molecule has 0 aromatic heterocycles. The maximum Gasteiger partial charge on any atom is 0.226 e. The minimum absolute atomic E-state index is 0.0802. The van der Waals surface area contributed by atoms with Crippen LogP contribution >= 0.6 is 0 Å². The number of amides is 1. The summed E-state index contributed by atoms with van der Waals surface area (Å²) in [5.41, 5.74) is 7.13. The third-order valence-electron chi connectivity index (χ3n) is 3.92. The van der Waals surface area contributed by atoms with Crippen molar-refractivity contribution in [3.8, 4) is 0 Å².